The van der Waals surface area contributed by atoms with Crippen molar-refractivity contribution in [3.05, 3.63) is 35.6 Å². The van der Waals surface area contributed by atoms with Crippen molar-refractivity contribution in [2.45, 2.75) is 17.6 Å². The Balaban J connectivity index is 2.38. The second-order valence-corrected chi connectivity index (χ2v) is 6.50. The number of sulfone groups is 1. The fourth-order valence-electron chi connectivity index (χ4n) is 2.30. The largest absolute Gasteiger partial charge is 0.468 e. The van der Waals surface area contributed by atoms with Gasteiger partial charge in [-0.1, -0.05) is 12.1 Å². The van der Waals surface area contributed by atoms with Crippen molar-refractivity contribution in [1.29, 1.82) is 0 Å². The van der Waals surface area contributed by atoms with Gasteiger partial charge in [0.05, 0.1) is 12.9 Å². The molecule has 1 heterocycles. The summed E-state index contributed by atoms with van der Waals surface area (Å²) in [5, 5.41) is -1.17. The van der Waals surface area contributed by atoms with Crippen molar-refractivity contribution < 1.29 is 22.3 Å². The zero-order chi connectivity index (χ0) is 13.3. The number of carbonyl (C=O) groups excluding carboxylic acids is 1. The Morgan fingerprint density at radius 3 is 2.50 bits per heavy atom. The Morgan fingerprint density at radius 1 is 1.33 bits per heavy atom. The van der Waals surface area contributed by atoms with Crippen LogP contribution >= 0.6 is 0 Å². The molecule has 2 rings (SSSR count). The minimum atomic E-state index is -3.47. The minimum absolute atomic E-state index is 0.0468. The maximum absolute atomic E-state index is 12.8. The molecule has 0 aromatic heterocycles. The first-order valence-electron chi connectivity index (χ1n) is 5.50. The van der Waals surface area contributed by atoms with Crippen LogP contribution in [0.5, 0.6) is 0 Å². The highest BCUT2D eigenvalue weighted by atomic mass is 32.2. The normalized spacial score (nSPS) is 25.9. The number of hydrogen-bond donors (Lipinski definition) is 0. The Labute approximate surface area is 105 Å². The van der Waals surface area contributed by atoms with Crippen LogP contribution in [0.2, 0.25) is 0 Å². The summed E-state index contributed by atoms with van der Waals surface area (Å²) in [6.45, 7) is 0. The van der Waals surface area contributed by atoms with E-state index in [0.717, 1.165) is 7.11 Å². The van der Waals surface area contributed by atoms with Crippen molar-refractivity contribution >= 4 is 15.8 Å². The summed E-state index contributed by atoms with van der Waals surface area (Å²) in [7, 11) is -2.31. The molecule has 0 radical (unpaired) electrons. The number of esters is 1. The molecular formula is C12H13FO4S. The molecule has 1 saturated heterocycles. The van der Waals surface area contributed by atoms with Gasteiger partial charge in [0.1, 0.15) is 5.82 Å². The van der Waals surface area contributed by atoms with Crippen molar-refractivity contribution in [2.75, 3.05) is 12.9 Å². The van der Waals surface area contributed by atoms with E-state index in [1.54, 1.807) is 0 Å². The van der Waals surface area contributed by atoms with Crippen molar-refractivity contribution in [2.24, 2.45) is 0 Å². The molecule has 1 aliphatic rings. The fraction of sp³-hybridized carbons (Fsp3) is 0.417. The first-order valence-corrected chi connectivity index (χ1v) is 7.22. The third-order valence-electron chi connectivity index (χ3n) is 3.20. The Kier molecular flexibility index (Phi) is 3.38. The molecule has 0 spiro atoms. The van der Waals surface area contributed by atoms with Gasteiger partial charge in [-0.15, -0.1) is 0 Å². The predicted molar refractivity (Wildman–Crippen MR) is 63.3 cm³/mol. The first-order chi connectivity index (χ1) is 8.45. The molecule has 6 heteroatoms. The number of rotatable bonds is 2. The topological polar surface area (TPSA) is 60.4 Å². The summed E-state index contributed by atoms with van der Waals surface area (Å²) in [5.41, 5.74) is 0.646. The van der Waals surface area contributed by atoms with E-state index in [0.29, 0.717) is 12.0 Å². The standard InChI is InChI=1S/C12H13FO4S/c1-17-12(14)11-10(6-7-18(11,15)16)8-2-4-9(13)5-3-8/h2-5,10-11H,6-7H2,1H3/t10-,11+/m1/s1. The zero-order valence-corrected chi connectivity index (χ0v) is 10.6. The molecule has 2 atom stereocenters. The van der Waals surface area contributed by atoms with E-state index in [1.165, 1.54) is 24.3 Å². The van der Waals surface area contributed by atoms with Gasteiger partial charge in [-0.2, -0.15) is 0 Å². The second-order valence-electron chi connectivity index (χ2n) is 4.26. The third-order valence-corrected chi connectivity index (χ3v) is 5.30. The van der Waals surface area contributed by atoms with Crippen LogP contribution in [0.4, 0.5) is 4.39 Å². The molecule has 0 N–H and O–H groups in total. The maximum atomic E-state index is 12.8. The SMILES string of the molecule is COC(=O)[C@@H]1[C@@H](c2ccc(F)cc2)CCS1(=O)=O. The monoisotopic (exact) mass is 272 g/mol. The van der Waals surface area contributed by atoms with E-state index in [9.17, 15) is 17.6 Å². The minimum Gasteiger partial charge on any atom is -0.468 e. The van der Waals surface area contributed by atoms with Crippen LogP contribution in [0, 0.1) is 5.82 Å². The second kappa shape index (κ2) is 4.68. The van der Waals surface area contributed by atoms with E-state index in [2.05, 4.69) is 4.74 Å². The Hall–Kier alpha value is -1.43. The van der Waals surface area contributed by atoms with Gasteiger partial charge in [0, 0.05) is 5.92 Å². The van der Waals surface area contributed by atoms with Crippen LogP contribution in [0.1, 0.15) is 17.9 Å². The molecule has 0 saturated carbocycles. The van der Waals surface area contributed by atoms with E-state index in [1.807, 2.05) is 0 Å². The van der Waals surface area contributed by atoms with Crippen molar-refractivity contribution in [3.63, 3.8) is 0 Å². The van der Waals surface area contributed by atoms with Gasteiger partial charge in [0.25, 0.3) is 0 Å². The molecule has 98 valence electrons. The number of ether oxygens (including phenoxy) is 1. The van der Waals surface area contributed by atoms with Crippen molar-refractivity contribution in [1.82, 2.24) is 0 Å². The molecule has 1 aliphatic heterocycles. The highest BCUT2D eigenvalue weighted by molar-refractivity contribution is 7.93. The van der Waals surface area contributed by atoms with Crippen LogP contribution < -0.4 is 0 Å². The highest BCUT2D eigenvalue weighted by Gasteiger charge is 2.46. The Morgan fingerprint density at radius 2 is 1.94 bits per heavy atom. The quantitative estimate of drug-likeness (QED) is 0.761. The van der Waals surface area contributed by atoms with Gasteiger partial charge in [0.15, 0.2) is 15.1 Å². The molecule has 0 aliphatic carbocycles. The molecule has 0 bridgehead atoms. The number of benzene rings is 1. The summed E-state index contributed by atoms with van der Waals surface area (Å²) in [6.07, 6.45) is 0.355. The molecular weight excluding hydrogens is 259 g/mol. The summed E-state index contributed by atoms with van der Waals surface area (Å²) >= 11 is 0. The van der Waals surface area contributed by atoms with Gasteiger partial charge in [-0.25, -0.2) is 12.8 Å². The summed E-state index contributed by atoms with van der Waals surface area (Å²) in [5.74, 6) is -1.64. The maximum Gasteiger partial charge on any atom is 0.324 e. The van der Waals surface area contributed by atoms with E-state index < -0.39 is 32.8 Å². The number of hydrogen-bond acceptors (Lipinski definition) is 4. The van der Waals surface area contributed by atoms with Crippen LogP contribution in [-0.4, -0.2) is 32.5 Å². The smallest absolute Gasteiger partial charge is 0.324 e. The third kappa shape index (κ3) is 2.25. The average molecular weight is 272 g/mol. The predicted octanol–water partition coefficient (Wildman–Crippen LogP) is 1.27. The van der Waals surface area contributed by atoms with E-state index in [-0.39, 0.29) is 5.75 Å². The molecule has 4 nitrogen and oxygen atoms in total. The number of methoxy groups -OCH3 is 1. The summed E-state index contributed by atoms with van der Waals surface area (Å²) in [6, 6.07) is 5.54. The first kappa shape index (κ1) is 13.0. The zero-order valence-electron chi connectivity index (χ0n) is 9.80. The lowest BCUT2D eigenvalue weighted by Gasteiger charge is -2.16. The fourth-order valence-corrected chi connectivity index (χ4v) is 4.32. The molecule has 0 amide bonds. The van der Waals surface area contributed by atoms with Crippen molar-refractivity contribution in [3.8, 4) is 0 Å². The number of halogens is 1. The molecule has 1 fully saturated rings. The lowest BCUT2D eigenvalue weighted by Crippen LogP contribution is -2.31. The number of carbonyl (C=O) groups is 1. The van der Waals surface area contributed by atoms with Gasteiger partial charge in [0.2, 0.25) is 0 Å². The Bertz CT molecular complexity index is 550. The summed E-state index contributed by atoms with van der Waals surface area (Å²) < 4.78 is 41.1. The van der Waals surface area contributed by atoms with Gasteiger partial charge in [-0.3, -0.25) is 4.79 Å². The molecule has 1 aromatic carbocycles. The molecule has 18 heavy (non-hydrogen) atoms. The van der Waals surface area contributed by atoms with E-state index in [4.69, 9.17) is 0 Å². The summed E-state index contributed by atoms with van der Waals surface area (Å²) in [4.78, 5) is 11.6. The van der Waals surface area contributed by atoms with Crippen LogP contribution in [0.25, 0.3) is 0 Å². The van der Waals surface area contributed by atoms with Gasteiger partial charge >= 0.3 is 5.97 Å². The van der Waals surface area contributed by atoms with Gasteiger partial charge < -0.3 is 4.74 Å². The highest BCUT2D eigenvalue weighted by Crippen LogP contribution is 2.36. The van der Waals surface area contributed by atoms with Crippen LogP contribution in [0.3, 0.4) is 0 Å². The lowest BCUT2D eigenvalue weighted by molar-refractivity contribution is -0.140. The van der Waals surface area contributed by atoms with Crippen LogP contribution in [0.15, 0.2) is 24.3 Å². The molecule has 1 aromatic rings. The average Bonchev–Trinajstić information content (AvgIpc) is 2.65. The lowest BCUT2D eigenvalue weighted by atomic mass is 9.93. The van der Waals surface area contributed by atoms with Gasteiger partial charge in [-0.05, 0) is 24.1 Å². The van der Waals surface area contributed by atoms with E-state index >= 15 is 0 Å². The molecule has 0 unspecified atom stereocenters. The van der Waals surface area contributed by atoms with Crippen LogP contribution in [-0.2, 0) is 19.4 Å².